The summed E-state index contributed by atoms with van der Waals surface area (Å²) in [5, 5.41) is 9.28. The van der Waals surface area contributed by atoms with Gasteiger partial charge < -0.3 is 9.52 Å². The van der Waals surface area contributed by atoms with Crippen molar-refractivity contribution in [3.63, 3.8) is 0 Å². The number of aliphatic hydroxyl groups excluding tert-OH is 1. The van der Waals surface area contributed by atoms with Crippen LogP contribution in [0.1, 0.15) is 18.1 Å². The molecule has 1 heterocycles. The fourth-order valence-corrected chi connectivity index (χ4v) is 0.759. The lowest BCUT2D eigenvalue weighted by atomic mass is 10.1. The summed E-state index contributed by atoms with van der Waals surface area (Å²) in [6.45, 7) is 3.52. The number of furan rings is 1. The third kappa shape index (κ3) is 1.48. The van der Waals surface area contributed by atoms with Gasteiger partial charge in [0.25, 0.3) is 0 Å². The fraction of sp³-hybridized carbons (Fsp3) is 0.250. The first kappa shape index (κ1) is 7.09. The van der Waals surface area contributed by atoms with E-state index in [1.54, 1.807) is 18.4 Å². The highest BCUT2D eigenvalue weighted by Crippen LogP contribution is 2.16. The summed E-state index contributed by atoms with van der Waals surface area (Å²) in [5.74, 6) is 0. The van der Waals surface area contributed by atoms with Crippen molar-refractivity contribution in [2.75, 3.05) is 0 Å². The van der Waals surface area contributed by atoms with Crippen molar-refractivity contribution < 1.29 is 9.52 Å². The minimum Gasteiger partial charge on any atom is -0.472 e. The lowest BCUT2D eigenvalue weighted by Crippen LogP contribution is -1.91. The molecule has 10 heavy (non-hydrogen) atoms. The van der Waals surface area contributed by atoms with Crippen molar-refractivity contribution in [1.29, 1.82) is 0 Å². The third-order valence-corrected chi connectivity index (χ3v) is 1.32. The van der Waals surface area contributed by atoms with Gasteiger partial charge in [-0.15, -0.1) is 6.58 Å². The van der Waals surface area contributed by atoms with E-state index in [9.17, 15) is 5.11 Å². The topological polar surface area (TPSA) is 33.4 Å². The molecule has 1 N–H and O–H groups in total. The molecule has 0 spiro atoms. The predicted molar refractivity (Wildman–Crippen MR) is 38.5 cm³/mol. The Kier molecular flexibility index (Phi) is 2.29. The van der Waals surface area contributed by atoms with Crippen LogP contribution in [0.2, 0.25) is 0 Å². The Labute approximate surface area is 59.8 Å². The molecule has 0 unspecified atom stereocenters. The molecule has 0 fully saturated rings. The van der Waals surface area contributed by atoms with E-state index in [0.29, 0.717) is 6.42 Å². The first-order valence-corrected chi connectivity index (χ1v) is 3.15. The molecule has 1 aromatic rings. The van der Waals surface area contributed by atoms with Crippen LogP contribution in [-0.4, -0.2) is 5.11 Å². The molecule has 0 aromatic carbocycles. The summed E-state index contributed by atoms with van der Waals surface area (Å²) in [6, 6.07) is 1.74. The Morgan fingerprint density at radius 2 is 2.60 bits per heavy atom. The molecule has 0 saturated carbocycles. The average Bonchev–Trinajstić information content (AvgIpc) is 2.38. The molecule has 1 rings (SSSR count). The fourth-order valence-electron chi connectivity index (χ4n) is 0.759. The second-order valence-electron chi connectivity index (χ2n) is 2.10. The molecule has 0 bridgehead atoms. The average molecular weight is 138 g/mol. The van der Waals surface area contributed by atoms with Crippen molar-refractivity contribution in [2.24, 2.45) is 0 Å². The number of rotatable bonds is 3. The van der Waals surface area contributed by atoms with E-state index >= 15 is 0 Å². The van der Waals surface area contributed by atoms with Gasteiger partial charge in [-0.2, -0.15) is 0 Å². The van der Waals surface area contributed by atoms with E-state index in [1.165, 1.54) is 6.26 Å². The van der Waals surface area contributed by atoms with Gasteiger partial charge in [-0.3, -0.25) is 0 Å². The van der Waals surface area contributed by atoms with Gasteiger partial charge in [-0.05, 0) is 12.5 Å². The zero-order chi connectivity index (χ0) is 7.40. The van der Waals surface area contributed by atoms with Crippen LogP contribution in [0.25, 0.3) is 0 Å². The Balaban J connectivity index is 2.58. The molecule has 54 valence electrons. The number of hydrogen-bond acceptors (Lipinski definition) is 2. The molecule has 1 aromatic heterocycles. The predicted octanol–water partition coefficient (Wildman–Crippen LogP) is 1.89. The molecule has 0 saturated heterocycles. The minimum absolute atomic E-state index is 0.462. The number of aliphatic hydroxyl groups is 1. The summed E-state index contributed by atoms with van der Waals surface area (Å²) < 4.78 is 4.79. The SMILES string of the molecule is C=CC[C@H](O)c1ccoc1. The highest BCUT2D eigenvalue weighted by Gasteiger charge is 2.04. The molecule has 1 atom stereocenters. The molecule has 0 aliphatic heterocycles. The van der Waals surface area contributed by atoms with Gasteiger partial charge in [0.2, 0.25) is 0 Å². The van der Waals surface area contributed by atoms with Gasteiger partial charge in [0.05, 0.1) is 18.6 Å². The molecule has 0 aliphatic rings. The molecule has 0 amide bonds. The third-order valence-electron chi connectivity index (χ3n) is 1.32. The maximum Gasteiger partial charge on any atom is 0.0960 e. The van der Waals surface area contributed by atoms with Crippen LogP contribution >= 0.6 is 0 Å². The van der Waals surface area contributed by atoms with Crippen molar-refractivity contribution in [3.8, 4) is 0 Å². The van der Waals surface area contributed by atoms with E-state index in [4.69, 9.17) is 4.42 Å². The van der Waals surface area contributed by atoms with Crippen molar-refractivity contribution in [3.05, 3.63) is 36.8 Å². The standard InChI is InChI=1S/C8H10O2/c1-2-3-8(9)7-4-5-10-6-7/h2,4-6,8-9H,1,3H2/t8-/m0/s1. The quantitative estimate of drug-likeness (QED) is 0.647. The van der Waals surface area contributed by atoms with Gasteiger partial charge >= 0.3 is 0 Å². The summed E-state index contributed by atoms with van der Waals surface area (Å²) in [4.78, 5) is 0. The van der Waals surface area contributed by atoms with Crippen LogP contribution in [-0.2, 0) is 0 Å². The van der Waals surface area contributed by atoms with Gasteiger partial charge in [0.15, 0.2) is 0 Å². The van der Waals surface area contributed by atoms with Gasteiger partial charge in [-0.1, -0.05) is 6.08 Å². The first-order chi connectivity index (χ1) is 4.84. The molecule has 0 radical (unpaired) electrons. The molecule has 2 heteroatoms. The van der Waals surface area contributed by atoms with Crippen molar-refractivity contribution >= 4 is 0 Å². The van der Waals surface area contributed by atoms with Crippen LogP contribution in [0.15, 0.2) is 35.7 Å². The zero-order valence-electron chi connectivity index (χ0n) is 5.66. The normalized spacial score (nSPS) is 12.9. The highest BCUT2D eigenvalue weighted by molar-refractivity contribution is 5.09. The second kappa shape index (κ2) is 3.22. The Bertz CT molecular complexity index is 189. The van der Waals surface area contributed by atoms with Gasteiger partial charge in [-0.25, -0.2) is 0 Å². The minimum atomic E-state index is -0.462. The monoisotopic (exact) mass is 138 g/mol. The van der Waals surface area contributed by atoms with Crippen molar-refractivity contribution in [1.82, 2.24) is 0 Å². The number of hydrogen-bond donors (Lipinski definition) is 1. The zero-order valence-corrected chi connectivity index (χ0v) is 5.66. The molecular formula is C8H10O2. The second-order valence-corrected chi connectivity index (χ2v) is 2.10. The van der Waals surface area contributed by atoms with Crippen LogP contribution in [0.4, 0.5) is 0 Å². The molecular weight excluding hydrogens is 128 g/mol. The van der Waals surface area contributed by atoms with E-state index in [-0.39, 0.29) is 0 Å². The summed E-state index contributed by atoms with van der Waals surface area (Å²) >= 11 is 0. The Hall–Kier alpha value is -1.02. The highest BCUT2D eigenvalue weighted by atomic mass is 16.3. The van der Waals surface area contributed by atoms with E-state index in [0.717, 1.165) is 5.56 Å². The van der Waals surface area contributed by atoms with Gasteiger partial charge in [0.1, 0.15) is 0 Å². The molecule has 0 aliphatic carbocycles. The van der Waals surface area contributed by atoms with E-state index in [2.05, 4.69) is 6.58 Å². The summed E-state index contributed by atoms with van der Waals surface area (Å²) in [6.07, 6.45) is 4.86. The van der Waals surface area contributed by atoms with Crippen LogP contribution < -0.4 is 0 Å². The van der Waals surface area contributed by atoms with Crippen LogP contribution in [0.3, 0.4) is 0 Å². The first-order valence-electron chi connectivity index (χ1n) is 3.15. The maximum absolute atomic E-state index is 9.28. The Morgan fingerprint density at radius 1 is 1.80 bits per heavy atom. The summed E-state index contributed by atoms with van der Waals surface area (Å²) in [7, 11) is 0. The van der Waals surface area contributed by atoms with Crippen molar-refractivity contribution in [2.45, 2.75) is 12.5 Å². The lowest BCUT2D eigenvalue weighted by Gasteiger charge is -2.01. The van der Waals surface area contributed by atoms with E-state index < -0.39 is 6.10 Å². The molecule has 2 nitrogen and oxygen atoms in total. The Morgan fingerprint density at radius 3 is 3.10 bits per heavy atom. The smallest absolute Gasteiger partial charge is 0.0960 e. The van der Waals surface area contributed by atoms with Crippen LogP contribution in [0, 0.1) is 0 Å². The summed E-state index contributed by atoms with van der Waals surface area (Å²) in [5.41, 5.74) is 0.805. The largest absolute Gasteiger partial charge is 0.472 e. The van der Waals surface area contributed by atoms with Crippen LogP contribution in [0.5, 0.6) is 0 Å². The maximum atomic E-state index is 9.28. The van der Waals surface area contributed by atoms with Gasteiger partial charge in [0, 0.05) is 5.56 Å². The van der Waals surface area contributed by atoms with E-state index in [1.807, 2.05) is 0 Å². The lowest BCUT2D eigenvalue weighted by molar-refractivity contribution is 0.181.